The van der Waals surface area contributed by atoms with Gasteiger partial charge in [0.2, 0.25) is 0 Å². The van der Waals surface area contributed by atoms with Gasteiger partial charge in [0.15, 0.2) is 6.10 Å². The summed E-state index contributed by atoms with van der Waals surface area (Å²) in [7, 11) is 6.20. The fourth-order valence-electron chi connectivity index (χ4n) is 5.56. The Hall–Kier alpha value is -1.14. The molecular formula is C40H76BrNO4. The monoisotopic (exact) mass is 713 g/mol. The number of unbranched alkanes of at least 4 members (excludes halogenated alkanes) is 20. The Morgan fingerprint density at radius 2 is 0.870 bits per heavy atom. The smallest absolute Gasteiger partial charge is 0.306 e. The van der Waals surface area contributed by atoms with Gasteiger partial charge in [0.05, 0.1) is 21.1 Å². The summed E-state index contributed by atoms with van der Waals surface area (Å²) in [6, 6.07) is 0. The molecule has 0 saturated carbocycles. The minimum absolute atomic E-state index is 0. The lowest BCUT2D eigenvalue weighted by Gasteiger charge is -2.28. The lowest BCUT2D eigenvalue weighted by Crippen LogP contribution is -3.00. The van der Waals surface area contributed by atoms with E-state index in [0.717, 1.165) is 38.5 Å². The number of carbonyl (C=O) groups is 2. The number of hydrogen-bond acceptors (Lipinski definition) is 4. The first-order chi connectivity index (χ1) is 21.8. The second-order valence-corrected chi connectivity index (χ2v) is 14.2. The summed E-state index contributed by atoms with van der Waals surface area (Å²) in [5.74, 6) is -0.352. The van der Waals surface area contributed by atoms with Gasteiger partial charge in [-0.15, -0.1) is 0 Å². The van der Waals surface area contributed by atoms with Crippen LogP contribution in [0.3, 0.4) is 0 Å². The first kappa shape index (κ1) is 47.0. The number of halogens is 1. The summed E-state index contributed by atoms with van der Waals surface area (Å²) < 4.78 is 12.0. The molecule has 0 rings (SSSR count). The van der Waals surface area contributed by atoms with Gasteiger partial charge in [-0.2, -0.15) is 0 Å². The van der Waals surface area contributed by atoms with E-state index in [1.807, 2.05) is 0 Å². The molecule has 0 saturated heterocycles. The molecule has 0 amide bonds. The van der Waals surface area contributed by atoms with Crippen LogP contribution in [-0.2, 0) is 19.1 Å². The van der Waals surface area contributed by atoms with Gasteiger partial charge in [-0.05, 0) is 64.2 Å². The van der Waals surface area contributed by atoms with Crippen molar-refractivity contribution < 1.29 is 40.5 Å². The van der Waals surface area contributed by atoms with E-state index in [0.29, 0.717) is 23.9 Å². The maximum atomic E-state index is 12.5. The number of esters is 2. The van der Waals surface area contributed by atoms with Crippen LogP contribution in [-0.4, -0.2) is 56.8 Å². The Labute approximate surface area is 297 Å². The number of nitrogens with zero attached hydrogens (tertiary/aromatic N) is 1. The average Bonchev–Trinajstić information content (AvgIpc) is 2.99. The molecule has 0 aromatic rings. The van der Waals surface area contributed by atoms with Crippen molar-refractivity contribution in [1.82, 2.24) is 0 Å². The summed E-state index contributed by atoms with van der Waals surface area (Å²) >= 11 is 0. The summed E-state index contributed by atoms with van der Waals surface area (Å²) in [6.45, 7) is 5.29. The third-order valence-electron chi connectivity index (χ3n) is 8.27. The predicted octanol–water partition coefficient (Wildman–Crippen LogP) is 8.45. The number of quaternary nitrogens is 1. The van der Waals surface area contributed by atoms with Crippen LogP contribution in [0.4, 0.5) is 0 Å². The summed E-state index contributed by atoms with van der Waals surface area (Å²) in [4.78, 5) is 24.9. The minimum atomic E-state index is -0.399. The summed E-state index contributed by atoms with van der Waals surface area (Å²) in [6.07, 6.45) is 39.2. The van der Waals surface area contributed by atoms with Crippen molar-refractivity contribution in [2.24, 2.45) is 0 Å². The molecule has 0 spiro atoms. The van der Waals surface area contributed by atoms with Gasteiger partial charge in [-0.1, -0.05) is 128 Å². The molecule has 1 atom stereocenters. The molecule has 0 radical (unpaired) electrons. The molecule has 0 aromatic carbocycles. The van der Waals surface area contributed by atoms with Crippen LogP contribution in [0.5, 0.6) is 0 Å². The molecule has 0 aliphatic heterocycles. The lowest BCUT2D eigenvalue weighted by atomic mass is 10.1. The minimum Gasteiger partial charge on any atom is -1.00 e. The topological polar surface area (TPSA) is 52.6 Å². The number of ether oxygens (including phenoxy) is 2. The van der Waals surface area contributed by atoms with Crippen molar-refractivity contribution in [3.8, 4) is 0 Å². The third-order valence-corrected chi connectivity index (χ3v) is 8.27. The molecule has 0 aliphatic carbocycles. The van der Waals surface area contributed by atoms with E-state index in [1.165, 1.54) is 116 Å². The zero-order valence-electron chi connectivity index (χ0n) is 31.1. The summed E-state index contributed by atoms with van der Waals surface area (Å²) in [5.41, 5.74) is 0. The first-order valence-electron chi connectivity index (χ1n) is 19.2. The zero-order chi connectivity index (χ0) is 33.3. The van der Waals surface area contributed by atoms with Crippen molar-refractivity contribution >= 4 is 11.9 Å². The molecule has 46 heavy (non-hydrogen) atoms. The van der Waals surface area contributed by atoms with Crippen LogP contribution in [0.25, 0.3) is 0 Å². The van der Waals surface area contributed by atoms with Crippen molar-refractivity contribution in [2.45, 2.75) is 187 Å². The van der Waals surface area contributed by atoms with Crippen LogP contribution < -0.4 is 17.0 Å². The van der Waals surface area contributed by atoms with E-state index in [9.17, 15) is 9.59 Å². The molecular weight excluding hydrogens is 638 g/mol. The molecule has 0 N–H and O–H groups in total. The standard InChI is InChI=1S/C40H76NO4.BrH/c1-6-8-10-12-14-16-18-20-22-24-26-28-30-32-34-39(42)44-37-38(36-41(3,4)5)45-40(43)35-33-31-29-27-25-23-21-19-17-15-13-11-9-7-2;/h18-21,38H,6-17,22-37H2,1-5H3;1H/q+1;/p-1/b20-18-,21-19-;. The molecule has 6 heteroatoms. The number of rotatable bonds is 33. The number of likely N-dealkylation sites (N-methyl/N-ethyl adjacent to an activating group) is 1. The highest BCUT2D eigenvalue weighted by Gasteiger charge is 2.23. The molecule has 5 nitrogen and oxygen atoms in total. The van der Waals surface area contributed by atoms with E-state index in [1.54, 1.807) is 0 Å². The Morgan fingerprint density at radius 3 is 1.26 bits per heavy atom. The van der Waals surface area contributed by atoms with Crippen LogP contribution in [0.1, 0.15) is 181 Å². The Morgan fingerprint density at radius 1 is 0.522 bits per heavy atom. The highest BCUT2D eigenvalue weighted by atomic mass is 79.9. The van der Waals surface area contributed by atoms with Crippen molar-refractivity contribution in [3.05, 3.63) is 24.3 Å². The zero-order valence-corrected chi connectivity index (χ0v) is 32.7. The van der Waals surface area contributed by atoms with Crippen LogP contribution in [0, 0.1) is 0 Å². The number of allylic oxidation sites excluding steroid dienone is 4. The molecule has 0 fully saturated rings. The van der Waals surface area contributed by atoms with Crippen LogP contribution in [0.15, 0.2) is 24.3 Å². The fourth-order valence-corrected chi connectivity index (χ4v) is 5.56. The van der Waals surface area contributed by atoms with Gasteiger partial charge in [-0.3, -0.25) is 9.59 Å². The largest absolute Gasteiger partial charge is 1.00 e. The van der Waals surface area contributed by atoms with Crippen molar-refractivity contribution in [1.29, 1.82) is 0 Å². The Kier molecular flexibility index (Phi) is 35.9. The van der Waals surface area contributed by atoms with Crippen LogP contribution in [0.2, 0.25) is 0 Å². The molecule has 272 valence electrons. The third kappa shape index (κ3) is 37.3. The normalized spacial score (nSPS) is 12.5. The Balaban J connectivity index is 0. The van der Waals surface area contributed by atoms with Crippen molar-refractivity contribution in [3.63, 3.8) is 0 Å². The molecule has 1 unspecified atom stereocenters. The number of hydrogen-bond donors (Lipinski definition) is 0. The maximum absolute atomic E-state index is 12.5. The van der Waals surface area contributed by atoms with Gasteiger partial charge in [0.25, 0.3) is 0 Å². The molecule has 0 aromatic heterocycles. The average molecular weight is 715 g/mol. The van der Waals surface area contributed by atoms with Gasteiger partial charge < -0.3 is 30.9 Å². The SMILES string of the molecule is CCCCCCC/C=C\CCCCCCCC(=O)OCC(C[N+](C)(C)C)OC(=O)CCCCCCC/C=C\CCCCCCC.[Br-]. The maximum Gasteiger partial charge on any atom is 0.306 e. The highest BCUT2D eigenvalue weighted by molar-refractivity contribution is 5.70. The van der Waals surface area contributed by atoms with E-state index >= 15 is 0 Å². The fraction of sp³-hybridized carbons (Fsp3) is 0.850. The van der Waals surface area contributed by atoms with Gasteiger partial charge in [0.1, 0.15) is 13.2 Å². The highest BCUT2D eigenvalue weighted by Crippen LogP contribution is 2.13. The second-order valence-electron chi connectivity index (χ2n) is 14.2. The van der Waals surface area contributed by atoms with E-state index in [2.05, 4.69) is 59.3 Å². The number of carbonyl (C=O) groups excluding carboxylic acids is 2. The van der Waals surface area contributed by atoms with E-state index in [4.69, 9.17) is 9.47 Å². The second kappa shape index (κ2) is 35.2. The predicted molar refractivity (Wildman–Crippen MR) is 193 cm³/mol. The lowest BCUT2D eigenvalue weighted by molar-refractivity contribution is -0.873. The molecule has 0 bridgehead atoms. The van der Waals surface area contributed by atoms with E-state index < -0.39 is 6.10 Å². The van der Waals surface area contributed by atoms with Gasteiger partial charge in [0, 0.05) is 12.8 Å². The molecule has 0 aliphatic rings. The van der Waals surface area contributed by atoms with Gasteiger partial charge in [-0.25, -0.2) is 0 Å². The van der Waals surface area contributed by atoms with E-state index in [-0.39, 0.29) is 35.5 Å². The van der Waals surface area contributed by atoms with Crippen LogP contribution >= 0.6 is 0 Å². The summed E-state index contributed by atoms with van der Waals surface area (Å²) in [5, 5.41) is 0. The Bertz CT molecular complexity index is 731. The quantitative estimate of drug-likeness (QED) is 0.0297. The molecule has 0 heterocycles. The van der Waals surface area contributed by atoms with Crippen molar-refractivity contribution in [2.75, 3.05) is 34.3 Å². The first-order valence-corrected chi connectivity index (χ1v) is 19.2. The van der Waals surface area contributed by atoms with Gasteiger partial charge >= 0.3 is 11.9 Å².